The molecule has 6 heteroatoms. The van der Waals surface area contributed by atoms with Gasteiger partial charge in [-0.2, -0.15) is 5.26 Å². The molecule has 1 amide bonds. The number of pyridine rings is 1. The van der Waals surface area contributed by atoms with E-state index in [1.807, 2.05) is 49.4 Å². The Kier molecular flexibility index (Phi) is 6.00. The van der Waals surface area contributed by atoms with Gasteiger partial charge in [0, 0.05) is 30.3 Å². The van der Waals surface area contributed by atoms with Gasteiger partial charge in [0.2, 0.25) is 5.91 Å². The SMILES string of the molecule is CCOc1cc2ncc(C#N)c(Nc3ccc(-c4ccccc4)cc3)c2cc1NC(C)=O. The van der Waals surface area contributed by atoms with Crippen molar-refractivity contribution in [2.75, 3.05) is 17.2 Å². The van der Waals surface area contributed by atoms with Gasteiger partial charge in [-0.05, 0) is 36.2 Å². The molecular formula is C26H22N4O2. The van der Waals surface area contributed by atoms with Crippen molar-refractivity contribution in [1.82, 2.24) is 4.98 Å². The van der Waals surface area contributed by atoms with Gasteiger partial charge in [0.05, 0.1) is 29.1 Å². The average molecular weight is 422 g/mol. The zero-order valence-electron chi connectivity index (χ0n) is 17.8. The molecule has 0 aliphatic rings. The predicted octanol–water partition coefficient (Wildman–Crippen LogP) is 5.87. The van der Waals surface area contributed by atoms with Crippen LogP contribution in [0.4, 0.5) is 17.1 Å². The first-order valence-electron chi connectivity index (χ1n) is 10.3. The van der Waals surface area contributed by atoms with E-state index in [0.29, 0.717) is 40.2 Å². The highest BCUT2D eigenvalue weighted by atomic mass is 16.5. The number of benzene rings is 3. The zero-order chi connectivity index (χ0) is 22.5. The Bertz CT molecular complexity index is 1310. The second-order valence-electron chi connectivity index (χ2n) is 7.21. The number of nitrogens with one attached hydrogen (secondary N) is 2. The summed E-state index contributed by atoms with van der Waals surface area (Å²) in [5.41, 5.74) is 5.29. The first kappa shape index (κ1) is 20.9. The number of rotatable bonds is 6. The Morgan fingerprint density at radius 1 is 1.06 bits per heavy atom. The smallest absolute Gasteiger partial charge is 0.221 e. The van der Waals surface area contributed by atoms with Crippen molar-refractivity contribution in [1.29, 1.82) is 5.26 Å². The third kappa shape index (κ3) is 4.37. The fourth-order valence-corrected chi connectivity index (χ4v) is 3.52. The van der Waals surface area contributed by atoms with Gasteiger partial charge in [-0.3, -0.25) is 9.78 Å². The van der Waals surface area contributed by atoms with Crippen LogP contribution >= 0.6 is 0 Å². The van der Waals surface area contributed by atoms with Crippen molar-refractivity contribution in [2.45, 2.75) is 13.8 Å². The predicted molar refractivity (Wildman–Crippen MR) is 127 cm³/mol. The van der Waals surface area contributed by atoms with Gasteiger partial charge in [-0.25, -0.2) is 0 Å². The fraction of sp³-hybridized carbons (Fsp3) is 0.115. The summed E-state index contributed by atoms with van der Waals surface area (Å²) in [5, 5.41) is 16.6. The van der Waals surface area contributed by atoms with E-state index < -0.39 is 0 Å². The molecule has 1 heterocycles. The zero-order valence-corrected chi connectivity index (χ0v) is 17.8. The van der Waals surface area contributed by atoms with Crippen LogP contribution in [0, 0.1) is 11.3 Å². The molecule has 0 spiro atoms. The van der Waals surface area contributed by atoms with E-state index in [4.69, 9.17) is 4.74 Å². The quantitative estimate of drug-likeness (QED) is 0.405. The van der Waals surface area contributed by atoms with Crippen LogP contribution in [0.15, 0.2) is 72.9 Å². The molecule has 0 saturated heterocycles. The van der Waals surface area contributed by atoms with Crippen LogP contribution in [0.5, 0.6) is 5.75 Å². The number of ether oxygens (including phenoxy) is 1. The summed E-state index contributed by atoms with van der Waals surface area (Å²) in [6.07, 6.45) is 1.54. The minimum atomic E-state index is -0.208. The van der Waals surface area contributed by atoms with E-state index >= 15 is 0 Å². The minimum Gasteiger partial charge on any atom is -0.492 e. The van der Waals surface area contributed by atoms with Crippen molar-refractivity contribution in [3.8, 4) is 22.9 Å². The summed E-state index contributed by atoms with van der Waals surface area (Å²) in [6, 6.07) is 23.9. The Morgan fingerprint density at radius 2 is 1.78 bits per heavy atom. The molecule has 1 aromatic heterocycles. The summed E-state index contributed by atoms with van der Waals surface area (Å²) in [7, 11) is 0. The third-order valence-electron chi connectivity index (χ3n) is 4.96. The standard InChI is InChI=1S/C26H22N4O2/c1-3-32-25-14-23-22(13-24(25)29-17(2)31)26(20(15-27)16-28-23)30-21-11-9-19(10-12-21)18-7-5-4-6-8-18/h4-14,16H,3H2,1-2H3,(H,28,30)(H,29,31). The number of anilines is 3. The largest absolute Gasteiger partial charge is 0.492 e. The molecule has 0 unspecified atom stereocenters. The van der Waals surface area contributed by atoms with Crippen molar-refractivity contribution in [3.05, 3.63) is 78.5 Å². The Balaban J connectivity index is 1.76. The van der Waals surface area contributed by atoms with Crippen LogP contribution in [0.3, 0.4) is 0 Å². The highest BCUT2D eigenvalue weighted by Crippen LogP contribution is 2.36. The number of carbonyl (C=O) groups is 1. The van der Waals surface area contributed by atoms with Crippen molar-refractivity contribution < 1.29 is 9.53 Å². The monoisotopic (exact) mass is 422 g/mol. The number of hydrogen-bond donors (Lipinski definition) is 2. The first-order chi connectivity index (χ1) is 15.6. The van der Waals surface area contributed by atoms with E-state index in [-0.39, 0.29) is 5.91 Å². The number of nitrogens with zero attached hydrogens (tertiary/aromatic N) is 2. The molecule has 0 saturated carbocycles. The number of aromatic nitrogens is 1. The molecule has 6 nitrogen and oxygen atoms in total. The lowest BCUT2D eigenvalue weighted by Gasteiger charge is -2.16. The lowest BCUT2D eigenvalue weighted by Crippen LogP contribution is -2.08. The minimum absolute atomic E-state index is 0.208. The number of carbonyl (C=O) groups excluding carboxylic acids is 1. The Morgan fingerprint density at radius 3 is 2.44 bits per heavy atom. The lowest BCUT2D eigenvalue weighted by atomic mass is 10.0. The number of amides is 1. The molecule has 0 aliphatic carbocycles. The van der Waals surface area contributed by atoms with E-state index in [1.165, 1.54) is 13.1 Å². The summed E-state index contributed by atoms with van der Waals surface area (Å²) in [5.74, 6) is 0.325. The number of nitriles is 1. The van der Waals surface area contributed by atoms with E-state index in [2.05, 4.69) is 33.8 Å². The summed E-state index contributed by atoms with van der Waals surface area (Å²) in [4.78, 5) is 16.1. The maximum absolute atomic E-state index is 11.7. The third-order valence-corrected chi connectivity index (χ3v) is 4.96. The molecule has 4 aromatic rings. The second kappa shape index (κ2) is 9.19. The van der Waals surface area contributed by atoms with E-state index in [9.17, 15) is 10.1 Å². The molecule has 0 bridgehead atoms. The van der Waals surface area contributed by atoms with Crippen molar-refractivity contribution in [2.24, 2.45) is 0 Å². The first-order valence-corrected chi connectivity index (χ1v) is 10.3. The Hall–Kier alpha value is -4.37. The molecule has 0 aliphatic heterocycles. The van der Waals surface area contributed by atoms with Crippen LogP contribution in [0.25, 0.3) is 22.0 Å². The van der Waals surface area contributed by atoms with Crippen molar-refractivity contribution >= 4 is 33.9 Å². The van der Waals surface area contributed by atoms with Gasteiger partial charge in [0.25, 0.3) is 0 Å². The highest BCUT2D eigenvalue weighted by Gasteiger charge is 2.15. The van der Waals surface area contributed by atoms with Crippen LogP contribution in [-0.2, 0) is 4.79 Å². The van der Waals surface area contributed by atoms with Gasteiger partial charge in [-0.1, -0.05) is 42.5 Å². The normalized spacial score (nSPS) is 10.4. The van der Waals surface area contributed by atoms with Crippen LogP contribution in [0.1, 0.15) is 19.4 Å². The number of hydrogen-bond acceptors (Lipinski definition) is 5. The van der Waals surface area contributed by atoms with Gasteiger partial charge < -0.3 is 15.4 Å². The van der Waals surface area contributed by atoms with Gasteiger partial charge >= 0.3 is 0 Å². The highest BCUT2D eigenvalue weighted by molar-refractivity contribution is 6.01. The lowest BCUT2D eigenvalue weighted by molar-refractivity contribution is -0.114. The van der Waals surface area contributed by atoms with Crippen LogP contribution in [0.2, 0.25) is 0 Å². The topological polar surface area (TPSA) is 87.0 Å². The number of fused-ring (bicyclic) bond motifs is 1. The molecule has 0 fully saturated rings. The molecule has 4 rings (SSSR count). The summed E-state index contributed by atoms with van der Waals surface area (Å²) >= 11 is 0. The van der Waals surface area contributed by atoms with Gasteiger partial charge in [0.15, 0.2) is 0 Å². The fourth-order valence-electron chi connectivity index (χ4n) is 3.52. The Labute approximate surface area is 186 Å². The van der Waals surface area contributed by atoms with Crippen molar-refractivity contribution in [3.63, 3.8) is 0 Å². The second-order valence-corrected chi connectivity index (χ2v) is 7.21. The maximum Gasteiger partial charge on any atom is 0.221 e. The van der Waals surface area contributed by atoms with Gasteiger partial charge in [-0.15, -0.1) is 0 Å². The molecule has 158 valence electrons. The molecule has 0 atom stereocenters. The molecule has 32 heavy (non-hydrogen) atoms. The summed E-state index contributed by atoms with van der Waals surface area (Å²) in [6.45, 7) is 3.77. The maximum atomic E-state index is 11.7. The molecule has 2 N–H and O–H groups in total. The summed E-state index contributed by atoms with van der Waals surface area (Å²) < 4.78 is 5.68. The van der Waals surface area contributed by atoms with Gasteiger partial charge in [0.1, 0.15) is 11.8 Å². The molecule has 3 aromatic carbocycles. The average Bonchev–Trinajstić information content (AvgIpc) is 2.81. The molecule has 0 radical (unpaired) electrons. The van der Waals surface area contributed by atoms with Crippen LogP contribution < -0.4 is 15.4 Å². The van der Waals surface area contributed by atoms with E-state index in [0.717, 1.165) is 16.8 Å². The van der Waals surface area contributed by atoms with E-state index in [1.54, 1.807) is 12.1 Å². The molecular weight excluding hydrogens is 400 g/mol. The van der Waals surface area contributed by atoms with Crippen LogP contribution in [-0.4, -0.2) is 17.5 Å².